The van der Waals surface area contributed by atoms with Crippen LogP contribution in [0.3, 0.4) is 0 Å². The topological polar surface area (TPSA) is 79.5 Å². The molecule has 0 aliphatic rings. The third-order valence-electron chi connectivity index (χ3n) is 2.72. The van der Waals surface area contributed by atoms with Crippen LogP contribution in [0.4, 0.5) is 0 Å². The Labute approximate surface area is 120 Å². The second-order valence-electron chi connectivity index (χ2n) is 4.31. The average molecular weight is 293 g/mol. The van der Waals surface area contributed by atoms with Gasteiger partial charge in [-0.25, -0.2) is 0 Å². The van der Waals surface area contributed by atoms with Crippen molar-refractivity contribution in [3.63, 3.8) is 0 Å². The van der Waals surface area contributed by atoms with Crippen molar-refractivity contribution in [2.24, 2.45) is 0 Å². The van der Waals surface area contributed by atoms with Crippen LogP contribution in [0, 0.1) is 6.92 Å². The van der Waals surface area contributed by atoms with E-state index in [-0.39, 0.29) is 17.4 Å². The number of nitrogens with one attached hydrogen (secondary N) is 1. The molecule has 20 heavy (non-hydrogen) atoms. The maximum Gasteiger partial charge on any atom is 0.313 e. The Bertz CT molecular complexity index is 635. The van der Waals surface area contributed by atoms with Gasteiger partial charge >= 0.3 is 5.97 Å². The monoisotopic (exact) mass is 293 g/mol. The number of thioether (sulfide) groups is 1. The lowest BCUT2D eigenvalue weighted by molar-refractivity contribution is -0.133. The molecule has 5 nitrogen and oxygen atoms in total. The van der Waals surface area contributed by atoms with Gasteiger partial charge in [0, 0.05) is 17.7 Å². The summed E-state index contributed by atoms with van der Waals surface area (Å²) < 4.78 is 5.54. The van der Waals surface area contributed by atoms with Crippen molar-refractivity contribution in [1.82, 2.24) is 5.32 Å². The van der Waals surface area contributed by atoms with Crippen LogP contribution in [0.2, 0.25) is 0 Å². The molecular weight excluding hydrogens is 278 g/mol. The van der Waals surface area contributed by atoms with Crippen molar-refractivity contribution in [3.8, 4) is 0 Å². The lowest BCUT2D eigenvalue weighted by atomic mass is 10.2. The number of rotatable bonds is 6. The van der Waals surface area contributed by atoms with Crippen molar-refractivity contribution in [2.75, 3.05) is 18.1 Å². The average Bonchev–Trinajstić information content (AvgIpc) is 2.83. The van der Waals surface area contributed by atoms with E-state index in [0.29, 0.717) is 12.3 Å². The van der Waals surface area contributed by atoms with E-state index in [2.05, 4.69) is 5.32 Å². The van der Waals surface area contributed by atoms with Gasteiger partial charge in [0.25, 0.3) is 5.91 Å². The maximum absolute atomic E-state index is 11.9. The molecule has 0 spiro atoms. The Morgan fingerprint density at radius 2 is 2.20 bits per heavy atom. The van der Waals surface area contributed by atoms with Gasteiger partial charge in [-0.15, -0.1) is 11.8 Å². The summed E-state index contributed by atoms with van der Waals surface area (Å²) in [5.74, 6) is -0.264. The predicted molar refractivity (Wildman–Crippen MR) is 78.2 cm³/mol. The Balaban J connectivity index is 1.91. The predicted octanol–water partition coefficient (Wildman–Crippen LogP) is 2.29. The van der Waals surface area contributed by atoms with Crippen LogP contribution >= 0.6 is 11.8 Å². The molecule has 0 atom stereocenters. The summed E-state index contributed by atoms with van der Waals surface area (Å²) >= 11 is 1.26. The van der Waals surface area contributed by atoms with Gasteiger partial charge in [0.15, 0.2) is 5.76 Å². The molecule has 0 saturated heterocycles. The number of aryl methyl sites for hydroxylation is 1. The molecule has 1 heterocycles. The van der Waals surface area contributed by atoms with E-state index >= 15 is 0 Å². The molecule has 0 saturated carbocycles. The number of amides is 1. The highest BCUT2D eigenvalue weighted by Crippen LogP contribution is 2.22. The van der Waals surface area contributed by atoms with Gasteiger partial charge in [0.05, 0.1) is 5.75 Å². The molecule has 1 aromatic carbocycles. The van der Waals surface area contributed by atoms with Crippen molar-refractivity contribution >= 4 is 34.6 Å². The standard InChI is InChI=1S/C14H15NO4S/c1-9-3-2-4-10-7-11(19-13(9)10)14(18)15-5-6-20-8-12(16)17/h2-4,7H,5-6,8H2,1H3,(H,15,18)(H,16,17). The van der Waals surface area contributed by atoms with Crippen LogP contribution < -0.4 is 5.32 Å². The highest BCUT2D eigenvalue weighted by molar-refractivity contribution is 7.99. The second-order valence-corrected chi connectivity index (χ2v) is 5.41. The summed E-state index contributed by atoms with van der Waals surface area (Å²) in [6.07, 6.45) is 0. The van der Waals surface area contributed by atoms with Crippen LogP contribution in [-0.2, 0) is 4.79 Å². The molecule has 0 fully saturated rings. The summed E-state index contributed by atoms with van der Waals surface area (Å²) in [6.45, 7) is 2.34. The molecule has 0 unspecified atom stereocenters. The largest absolute Gasteiger partial charge is 0.481 e. The molecular formula is C14H15NO4S. The molecule has 106 valence electrons. The minimum atomic E-state index is -0.853. The van der Waals surface area contributed by atoms with Crippen molar-refractivity contribution in [3.05, 3.63) is 35.6 Å². The van der Waals surface area contributed by atoms with E-state index in [1.54, 1.807) is 6.07 Å². The van der Waals surface area contributed by atoms with E-state index in [0.717, 1.165) is 16.5 Å². The van der Waals surface area contributed by atoms with Crippen LogP contribution in [0.5, 0.6) is 0 Å². The van der Waals surface area contributed by atoms with Crippen molar-refractivity contribution in [2.45, 2.75) is 6.92 Å². The summed E-state index contributed by atoms with van der Waals surface area (Å²) in [7, 11) is 0. The van der Waals surface area contributed by atoms with Gasteiger partial charge in [-0.1, -0.05) is 18.2 Å². The fourth-order valence-electron chi connectivity index (χ4n) is 1.80. The lowest BCUT2D eigenvalue weighted by Crippen LogP contribution is -2.25. The third kappa shape index (κ3) is 3.54. The van der Waals surface area contributed by atoms with Crippen molar-refractivity contribution in [1.29, 1.82) is 0 Å². The minimum absolute atomic E-state index is 0.0414. The smallest absolute Gasteiger partial charge is 0.313 e. The molecule has 6 heteroatoms. The lowest BCUT2D eigenvalue weighted by Gasteiger charge is -2.01. The zero-order chi connectivity index (χ0) is 14.5. The van der Waals surface area contributed by atoms with Crippen LogP contribution in [0.15, 0.2) is 28.7 Å². The number of aliphatic carboxylic acids is 1. The van der Waals surface area contributed by atoms with E-state index in [4.69, 9.17) is 9.52 Å². The molecule has 0 aliphatic heterocycles. The summed E-state index contributed by atoms with van der Waals surface area (Å²) in [5.41, 5.74) is 1.71. The number of hydrogen-bond donors (Lipinski definition) is 2. The highest BCUT2D eigenvalue weighted by Gasteiger charge is 2.12. The van der Waals surface area contributed by atoms with E-state index in [1.165, 1.54) is 11.8 Å². The van der Waals surface area contributed by atoms with Gasteiger partial charge in [0.1, 0.15) is 5.58 Å². The van der Waals surface area contributed by atoms with Crippen LogP contribution in [0.1, 0.15) is 16.1 Å². The molecule has 0 radical (unpaired) electrons. The zero-order valence-electron chi connectivity index (χ0n) is 11.0. The first-order valence-electron chi connectivity index (χ1n) is 6.15. The van der Waals surface area contributed by atoms with E-state index in [9.17, 15) is 9.59 Å². The van der Waals surface area contributed by atoms with Gasteiger partial charge < -0.3 is 14.8 Å². The fraction of sp³-hybridized carbons (Fsp3) is 0.286. The number of benzene rings is 1. The highest BCUT2D eigenvalue weighted by atomic mass is 32.2. The molecule has 0 bridgehead atoms. The zero-order valence-corrected chi connectivity index (χ0v) is 11.8. The summed E-state index contributed by atoms with van der Waals surface area (Å²) in [5, 5.41) is 12.1. The molecule has 1 aromatic heterocycles. The van der Waals surface area contributed by atoms with Crippen LogP contribution in [-0.4, -0.2) is 35.0 Å². The summed E-state index contributed by atoms with van der Waals surface area (Å²) in [6, 6.07) is 7.45. The molecule has 2 N–H and O–H groups in total. The van der Waals surface area contributed by atoms with Gasteiger partial charge in [-0.05, 0) is 18.6 Å². The number of furan rings is 1. The van der Waals surface area contributed by atoms with Gasteiger partial charge in [0.2, 0.25) is 0 Å². The van der Waals surface area contributed by atoms with E-state index in [1.807, 2.05) is 25.1 Å². The Kier molecular flexibility index (Phi) is 4.68. The number of carbonyl (C=O) groups is 2. The maximum atomic E-state index is 11.9. The van der Waals surface area contributed by atoms with Crippen molar-refractivity contribution < 1.29 is 19.1 Å². The first kappa shape index (κ1) is 14.5. The number of para-hydroxylation sites is 1. The number of carbonyl (C=O) groups excluding carboxylic acids is 1. The Morgan fingerprint density at radius 3 is 2.90 bits per heavy atom. The van der Waals surface area contributed by atoms with Crippen LogP contribution in [0.25, 0.3) is 11.0 Å². The van der Waals surface area contributed by atoms with Gasteiger partial charge in [-0.3, -0.25) is 9.59 Å². The third-order valence-corrected chi connectivity index (χ3v) is 3.67. The molecule has 1 amide bonds. The Morgan fingerprint density at radius 1 is 1.40 bits per heavy atom. The Hall–Kier alpha value is -1.95. The number of fused-ring (bicyclic) bond motifs is 1. The van der Waals surface area contributed by atoms with Gasteiger partial charge in [-0.2, -0.15) is 0 Å². The summed E-state index contributed by atoms with van der Waals surface area (Å²) in [4.78, 5) is 22.2. The first-order valence-corrected chi connectivity index (χ1v) is 7.30. The normalized spacial score (nSPS) is 10.7. The molecule has 2 rings (SSSR count). The quantitative estimate of drug-likeness (QED) is 0.799. The number of carboxylic acid groups (broad SMARTS) is 1. The number of carboxylic acids is 1. The number of hydrogen-bond acceptors (Lipinski definition) is 4. The minimum Gasteiger partial charge on any atom is -0.481 e. The first-order chi connectivity index (χ1) is 9.58. The van der Waals surface area contributed by atoms with E-state index < -0.39 is 5.97 Å². The molecule has 0 aliphatic carbocycles. The SMILES string of the molecule is Cc1cccc2cc(C(=O)NCCSCC(=O)O)oc12. The fourth-order valence-corrected chi connectivity index (χ4v) is 2.37. The second kappa shape index (κ2) is 6.47. The molecule has 2 aromatic rings.